The van der Waals surface area contributed by atoms with E-state index in [1.807, 2.05) is 12.1 Å². The number of hydrogen-bond donors (Lipinski definition) is 0. The molecule has 2 aromatic rings. The summed E-state index contributed by atoms with van der Waals surface area (Å²) in [5.74, 6) is 0. The van der Waals surface area contributed by atoms with Crippen molar-refractivity contribution in [2.24, 2.45) is 4.99 Å². The van der Waals surface area contributed by atoms with Gasteiger partial charge in [-0.25, -0.2) is 0 Å². The number of para-hydroxylation sites is 1. The highest BCUT2D eigenvalue weighted by atomic mass is 79.9. The zero-order valence-corrected chi connectivity index (χ0v) is 12.0. The summed E-state index contributed by atoms with van der Waals surface area (Å²) in [5, 5.41) is 0. The summed E-state index contributed by atoms with van der Waals surface area (Å²) in [6, 6.07) is 16.7. The predicted molar refractivity (Wildman–Crippen MR) is 79.8 cm³/mol. The number of nitrogens with zero attached hydrogens (tertiary/aromatic N) is 1. The van der Waals surface area contributed by atoms with Crippen LogP contribution in [-0.2, 0) is 5.41 Å². The van der Waals surface area contributed by atoms with Gasteiger partial charge in [-0.05, 0) is 33.1 Å². The molecule has 0 N–H and O–H groups in total. The van der Waals surface area contributed by atoms with Gasteiger partial charge in [-0.2, -0.15) is 0 Å². The summed E-state index contributed by atoms with van der Waals surface area (Å²) < 4.78 is 1.07. The van der Waals surface area contributed by atoms with Crippen LogP contribution in [0.2, 0.25) is 0 Å². The van der Waals surface area contributed by atoms with Gasteiger partial charge in [0.05, 0.1) is 11.4 Å². The Morgan fingerprint density at radius 3 is 2.33 bits per heavy atom. The summed E-state index contributed by atoms with van der Waals surface area (Å²) in [6.07, 6.45) is 0. The first kappa shape index (κ1) is 11.7. The highest BCUT2D eigenvalue weighted by Gasteiger charge is 2.36. The lowest BCUT2D eigenvalue weighted by atomic mass is 9.79. The Kier molecular flexibility index (Phi) is 2.63. The maximum atomic E-state index is 4.84. The minimum Gasteiger partial charge on any atom is -0.250 e. The fraction of sp³-hybridized carbons (Fsp3) is 0.188. The third-order valence-corrected chi connectivity index (χ3v) is 4.16. The van der Waals surface area contributed by atoms with Gasteiger partial charge in [0.2, 0.25) is 0 Å². The van der Waals surface area contributed by atoms with Gasteiger partial charge in [-0.15, -0.1) is 0 Å². The van der Waals surface area contributed by atoms with Crippen LogP contribution in [0.1, 0.15) is 25.0 Å². The summed E-state index contributed by atoms with van der Waals surface area (Å²) >= 11 is 3.59. The molecule has 1 nitrogen and oxygen atoms in total. The standard InChI is InChI=1S/C16H14BrN/c1-16(2)12-9-6-10-13(17)14(12)18-15(16)11-7-4-3-5-8-11/h3-10H,1-2H3. The Balaban J connectivity index is 2.21. The van der Waals surface area contributed by atoms with E-state index < -0.39 is 0 Å². The van der Waals surface area contributed by atoms with Gasteiger partial charge >= 0.3 is 0 Å². The summed E-state index contributed by atoms with van der Waals surface area (Å²) in [5.41, 5.74) is 4.66. The number of rotatable bonds is 1. The van der Waals surface area contributed by atoms with Gasteiger partial charge in [-0.1, -0.05) is 56.3 Å². The van der Waals surface area contributed by atoms with Crippen LogP contribution in [0.15, 0.2) is 58.0 Å². The van der Waals surface area contributed by atoms with E-state index in [9.17, 15) is 0 Å². The second-order valence-corrected chi connectivity index (χ2v) is 5.94. The molecule has 3 rings (SSSR count). The largest absolute Gasteiger partial charge is 0.250 e. The van der Waals surface area contributed by atoms with Crippen molar-refractivity contribution in [3.63, 3.8) is 0 Å². The first-order valence-corrected chi connectivity index (χ1v) is 6.83. The number of fused-ring (bicyclic) bond motifs is 1. The van der Waals surface area contributed by atoms with E-state index in [0.29, 0.717) is 0 Å². The van der Waals surface area contributed by atoms with Crippen LogP contribution in [-0.4, -0.2) is 5.71 Å². The molecule has 1 aliphatic rings. The van der Waals surface area contributed by atoms with Crippen LogP contribution in [0.5, 0.6) is 0 Å². The van der Waals surface area contributed by atoms with E-state index in [0.717, 1.165) is 15.9 Å². The zero-order valence-electron chi connectivity index (χ0n) is 10.4. The van der Waals surface area contributed by atoms with Crippen LogP contribution >= 0.6 is 15.9 Å². The Morgan fingerprint density at radius 1 is 0.944 bits per heavy atom. The average Bonchev–Trinajstić information content (AvgIpc) is 2.64. The maximum absolute atomic E-state index is 4.84. The number of aliphatic imine (C=N–C) groups is 1. The Labute approximate surface area is 116 Å². The van der Waals surface area contributed by atoms with Crippen molar-refractivity contribution in [1.82, 2.24) is 0 Å². The van der Waals surface area contributed by atoms with E-state index >= 15 is 0 Å². The molecule has 1 aliphatic heterocycles. The Bertz CT molecular complexity index is 627. The van der Waals surface area contributed by atoms with Gasteiger partial charge in [0.25, 0.3) is 0 Å². The quantitative estimate of drug-likeness (QED) is 0.713. The monoisotopic (exact) mass is 299 g/mol. The van der Waals surface area contributed by atoms with E-state index in [1.165, 1.54) is 11.1 Å². The van der Waals surface area contributed by atoms with Crippen LogP contribution in [0.4, 0.5) is 5.69 Å². The minimum absolute atomic E-state index is 0.0412. The molecule has 2 heteroatoms. The molecule has 0 saturated heterocycles. The number of hydrogen-bond acceptors (Lipinski definition) is 1. The molecule has 0 unspecified atom stereocenters. The van der Waals surface area contributed by atoms with Crippen molar-refractivity contribution in [2.75, 3.05) is 0 Å². The van der Waals surface area contributed by atoms with Gasteiger partial charge in [0.1, 0.15) is 0 Å². The smallest absolute Gasteiger partial charge is 0.0816 e. The molecule has 0 radical (unpaired) electrons. The number of halogens is 1. The molecule has 1 heterocycles. The van der Waals surface area contributed by atoms with E-state index in [1.54, 1.807) is 0 Å². The summed E-state index contributed by atoms with van der Waals surface area (Å²) in [4.78, 5) is 4.84. The van der Waals surface area contributed by atoms with Gasteiger partial charge in [-0.3, -0.25) is 4.99 Å². The zero-order chi connectivity index (χ0) is 12.8. The summed E-state index contributed by atoms with van der Waals surface area (Å²) in [7, 11) is 0. The van der Waals surface area contributed by atoms with E-state index in [-0.39, 0.29) is 5.41 Å². The first-order chi connectivity index (χ1) is 8.60. The van der Waals surface area contributed by atoms with Crippen LogP contribution in [0.25, 0.3) is 0 Å². The molecule has 0 bridgehead atoms. The third-order valence-electron chi connectivity index (χ3n) is 3.52. The third kappa shape index (κ3) is 1.64. The van der Waals surface area contributed by atoms with Crippen molar-refractivity contribution in [2.45, 2.75) is 19.3 Å². The minimum atomic E-state index is -0.0412. The van der Waals surface area contributed by atoms with E-state index in [4.69, 9.17) is 4.99 Å². The normalized spacial score (nSPS) is 16.3. The highest BCUT2D eigenvalue weighted by molar-refractivity contribution is 9.10. The van der Waals surface area contributed by atoms with Crippen molar-refractivity contribution in [1.29, 1.82) is 0 Å². The van der Waals surface area contributed by atoms with Crippen LogP contribution < -0.4 is 0 Å². The SMILES string of the molecule is CC1(C)C(c2ccccc2)=Nc2c(Br)cccc21. The van der Waals surface area contributed by atoms with Gasteiger partial charge in [0.15, 0.2) is 0 Å². The molecule has 2 aromatic carbocycles. The van der Waals surface area contributed by atoms with Gasteiger partial charge < -0.3 is 0 Å². The lowest BCUT2D eigenvalue weighted by molar-refractivity contribution is 0.737. The Morgan fingerprint density at radius 2 is 1.67 bits per heavy atom. The van der Waals surface area contributed by atoms with Crippen molar-refractivity contribution in [3.8, 4) is 0 Å². The second kappa shape index (κ2) is 4.06. The van der Waals surface area contributed by atoms with Gasteiger partial charge in [0, 0.05) is 9.89 Å². The fourth-order valence-electron chi connectivity index (χ4n) is 2.53. The predicted octanol–water partition coefficient (Wildman–Crippen LogP) is 4.86. The highest BCUT2D eigenvalue weighted by Crippen LogP contribution is 2.45. The van der Waals surface area contributed by atoms with E-state index in [2.05, 4.69) is 66.2 Å². The molecule has 0 atom stereocenters. The van der Waals surface area contributed by atoms with Crippen molar-refractivity contribution < 1.29 is 0 Å². The molecule has 0 saturated carbocycles. The fourth-order valence-corrected chi connectivity index (χ4v) is 2.99. The molecule has 0 amide bonds. The Hall–Kier alpha value is -1.41. The molecule has 0 aromatic heterocycles. The maximum Gasteiger partial charge on any atom is 0.0816 e. The summed E-state index contributed by atoms with van der Waals surface area (Å²) in [6.45, 7) is 4.47. The second-order valence-electron chi connectivity index (χ2n) is 5.09. The molecule has 0 spiro atoms. The molecular formula is C16H14BrN. The molecule has 0 fully saturated rings. The van der Waals surface area contributed by atoms with Crippen molar-refractivity contribution >= 4 is 27.3 Å². The topological polar surface area (TPSA) is 12.4 Å². The van der Waals surface area contributed by atoms with Crippen LogP contribution in [0, 0.1) is 0 Å². The first-order valence-electron chi connectivity index (χ1n) is 6.04. The molecule has 90 valence electrons. The molecular weight excluding hydrogens is 286 g/mol. The average molecular weight is 300 g/mol. The van der Waals surface area contributed by atoms with Crippen molar-refractivity contribution in [3.05, 3.63) is 64.1 Å². The number of benzene rings is 2. The molecule has 0 aliphatic carbocycles. The lowest BCUT2D eigenvalue weighted by Gasteiger charge is -2.22. The van der Waals surface area contributed by atoms with Crippen LogP contribution in [0.3, 0.4) is 0 Å². The lowest BCUT2D eigenvalue weighted by Crippen LogP contribution is -2.26. The molecule has 18 heavy (non-hydrogen) atoms.